The Morgan fingerprint density at radius 3 is 2.58 bits per heavy atom. The minimum absolute atomic E-state index is 0.104. The molecule has 0 aromatic heterocycles. The topological polar surface area (TPSA) is 71.4 Å². The van der Waals surface area contributed by atoms with Crippen molar-refractivity contribution in [2.24, 2.45) is 4.99 Å². The van der Waals surface area contributed by atoms with E-state index in [1.807, 2.05) is 90.6 Å². The molecule has 7 nitrogen and oxygen atoms in total. The molecule has 0 saturated carbocycles. The van der Waals surface area contributed by atoms with Gasteiger partial charge in [0.15, 0.2) is 5.17 Å². The molecule has 1 fully saturated rings. The lowest BCUT2D eigenvalue weighted by molar-refractivity contribution is -0.143. The van der Waals surface area contributed by atoms with Crippen LogP contribution in [-0.4, -0.2) is 46.0 Å². The fourth-order valence-corrected chi connectivity index (χ4v) is 5.94. The fraction of sp³-hybridized carbons (Fsp3) is 0.367. The van der Waals surface area contributed by atoms with Crippen LogP contribution in [0.3, 0.4) is 0 Å². The molecule has 0 radical (unpaired) electrons. The van der Waals surface area contributed by atoms with E-state index in [-0.39, 0.29) is 18.4 Å². The molecule has 2 aromatic rings. The maximum Gasteiger partial charge on any atom is 0.338 e. The number of benzene rings is 2. The number of likely N-dealkylation sites (tertiary alicyclic amines) is 1. The van der Waals surface area contributed by atoms with Gasteiger partial charge in [-0.2, -0.15) is 0 Å². The lowest BCUT2D eigenvalue weighted by Gasteiger charge is -2.36. The number of nitrogens with zero attached hydrogens (tertiary/aromatic N) is 3. The Morgan fingerprint density at radius 1 is 1.08 bits per heavy atom. The van der Waals surface area contributed by atoms with Gasteiger partial charge in [-0.05, 0) is 62.3 Å². The van der Waals surface area contributed by atoms with Gasteiger partial charge in [-0.3, -0.25) is 4.79 Å². The Labute approximate surface area is 228 Å². The lowest BCUT2D eigenvalue weighted by Crippen LogP contribution is -2.38. The predicted molar refractivity (Wildman–Crippen MR) is 149 cm³/mol. The molecular formula is C30H33N3O4S. The van der Waals surface area contributed by atoms with Crippen LogP contribution in [0.2, 0.25) is 0 Å². The highest BCUT2D eigenvalue weighted by Crippen LogP contribution is 2.45. The number of hydrogen-bond donors (Lipinski definition) is 0. The first-order chi connectivity index (χ1) is 18.4. The number of aliphatic imine (C=N–C) groups is 1. The first kappa shape index (κ1) is 26.1. The van der Waals surface area contributed by atoms with Crippen molar-refractivity contribution in [3.05, 3.63) is 88.1 Å². The maximum absolute atomic E-state index is 13.4. The number of rotatable bonds is 8. The van der Waals surface area contributed by atoms with E-state index in [1.54, 1.807) is 0 Å². The minimum Gasteiger partial charge on any atom is -0.489 e. The van der Waals surface area contributed by atoms with Crippen LogP contribution in [-0.2, 0) is 20.9 Å². The number of allylic oxidation sites excluding steroid dienone is 1. The van der Waals surface area contributed by atoms with Crippen LogP contribution >= 0.6 is 11.8 Å². The first-order valence-electron chi connectivity index (χ1n) is 13.1. The van der Waals surface area contributed by atoms with Gasteiger partial charge in [0, 0.05) is 18.8 Å². The van der Waals surface area contributed by atoms with Crippen molar-refractivity contribution in [3.8, 4) is 5.75 Å². The number of amidine groups is 1. The van der Waals surface area contributed by atoms with Gasteiger partial charge in [0.2, 0.25) is 5.91 Å². The molecule has 3 aliphatic heterocycles. The minimum atomic E-state index is -0.485. The monoisotopic (exact) mass is 531 g/mol. The molecular weight excluding hydrogens is 498 g/mol. The van der Waals surface area contributed by atoms with Crippen LogP contribution in [0.5, 0.6) is 5.75 Å². The van der Waals surface area contributed by atoms with Crippen molar-refractivity contribution >= 4 is 28.8 Å². The Hall–Kier alpha value is -3.52. The average molecular weight is 532 g/mol. The third kappa shape index (κ3) is 5.65. The molecule has 0 N–H and O–H groups in total. The molecule has 3 heterocycles. The van der Waals surface area contributed by atoms with Crippen molar-refractivity contribution in [1.29, 1.82) is 0 Å². The summed E-state index contributed by atoms with van der Waals surface area (Å²) in [6, 6.07) is 17.3. The van der Waals surface area contributed by atoms with Crippen LogP contribution in [0, 0.1) is 0 Å². The molecule has 1 saturated heterocycles. The van der Waals surface area contributed by atoms with E-state index in [4.69, 9.17) is 14.5 Å². The third-order valence-corrected chi connectivity index (χ3v) is 7.67. The number of carbonyl (C=O) groups excluding carboxylic acids is 2. The summed E-state index contributed by atoms with van der Waals surface area (Å²) in [5, 5.41) is 2.74. The Kier molecular flexibility index (Phi) is 7.88. The highest BCUT2D eigenvalue weighted by molar-refractivity contribution is 8.16. The molecule has 5 rings (SSSR count). The summed E-state index contributed by atoms with van der Waals surface area (Å²) in [6.07, 6.45) is 2.08. The Bertz CT molecular complexity index is 1300. The number of hydrogen-bond acceptors (Lipinski definition) is 7. The fourth-order valence-electron chi connectivity index (χ4n) is 4.97. The summed E-state index contributed by atoms with van der Waals surface area (Å²) in [5.41, 5.74) is 3.89. The Morgan fingerprint density at radius 2 is 1.84 bits per heavy atom. The van der Waals surface area contributed by atoms with Gasteiger partial charge in [0.05, 0.1) is 29.8 Å². The van der Waals surface area contributed by atoms with E-state index in [0.717, 1.165) is 47.9 Å². The number of ether oxygens (including phenoxy) is 2. The molecule has 0 bridgehead atoms. The number of fused-ring (bicyclic) bond motifs is 1. The van der Waals surface area contributed by atoms with Crippen LogP contribution in [0.15, 0.2) is 82.0 Å². The molecule has 0 spiro atoms. The van der Waals surface area contributed by atoms with E-state index < -0.39 is 12.0 Å². The Balaban J connectivity index is 1.48. The van der Waals surface area contributed by atoms with E-state index in [2.05, 4.69) is 0 Å². The largest absolute Gasteiger partial charge is 0.489 e. The van der Waals surface area contributed by atoms with Crippen molar-refractivity contribution in [2.45, 2.75) is 58.8 Å². The van der Waals surface area contributed by atoms with Crippen LogP contribution in [0.25, 0.3) is 0 Å². The van der Waals surface area contributed by atoms with Gasteiger partial charge in [-0.15, -0.1) is 0 Å². The predicted octanol–water partition coefficient (Wildman–Crippen LogP) is 5.80. The molecule has 1 atom stereocenters. The van der Waals surface area contributed by atoms with Crippen molar-refractivity contribution in [1.82, 2.24) is 9.80 Å². The van der Waals surface area contributed by atoms with Gasteiger partial charge >= 0.3 is 5.97 Å². The smallest absolute Gasteiger partial charge is 0.338 e. The summed E-state index contributed by atoms with van der Waals surface area (Å²) in [4.78, 5) is 35.2. The molecule has 2 aromatic carbocycles. The van der Waals surface area contributed by atoms with Gasteiger partial charge in [-0.25, -0.2) is 9.79 Å². The summed E-state index contributed by atoms with van der Waals surface area (Å²) in [7, 11) is 0. The van der Waals surface area contributed by atoms with Gasteiger partial charge in [0.25, 0.3) is 0 Å². The van der Waals surface area contributed by atoms with Gasteiger partial charge in [0.1, 0.15) is 12.4 Å². The highest BCUT2D eigenvalue weighted by Gasteiger charge is 2.41. The van der Waals surface area contributed by atoms with E-state index in [9.17, 15) is 9.59 Å². The number of amides is 1. The first-order valence-corrected chi connectivity index (χ1v) is 14.0. The SMILES string of the molecule is CC1=C(C(=O)OC(C)C)C(c2cccc(OCc3ccccc3)c2)N2C(CC(=O)N3CCCC3)=CSC2=N1. The average Bonchev–Trinajstić information content (AvgIpc) is 3.58. The summed E-state index contributed by atoms with van der Waals surface area (Å²) in [6.45, 7) is 7.56. The van der Waals surface area contributed by atoms with Crippen molar-refractivity contribution in [2.75, 3.05) is 13.1 Å². The molecule has 38 heavy (non-hydrogen) atoms. The van der Waals surface area contributed by atoms with Crippen molar-refractivity contribution in [3.63, 3.8) is 0 Å². The van der Waals surface area contributed by atoms with Crippen LogP contribution < -0.4 is 4.74 Å². The third-order valence-electron chi connectivity index (χ3n) is 6.78. The molecule has 1 amide bonds. The zero-order valence-electron chi connectivity index (χ0n) is 22.1. The zero-order chi connectivity index (χ0) is 26.6. The quantitative estimate of drug-likeness (QED) is 0.401. The summed E-state index contributed by atoms with van der Waals surface area (Å²) in [5.74, 6) is 0.407. The van der Waals surface area contributed by atoms with Crippen LogP contribution in [0.1, 0.15) is 57.2 Å². The number of esters is 1. The molecule has 1 unspecified atom stereocenters. The molecule has 0 aliphatic carbocycles. The van der Waals surface area contributed by atoms with Gasteiger partial charge < -0.3 is 19.3 Å². The van der Waals surface area contributed by atoms with Crippen LogP contribution in [0.4, 0.5) is 0 Å². The maximum atomic E-state index is 13.4. The molecule has 8 heteroatoms. The normalized spacial score (nSPS) is 18.9. The van der Waals surface area contributed by atoms with Crippen molar-refractivity contribution < 1.29 is 19.1 Å². The summed E-state index contributed by atoms with van der Waals surface area (Å²) < 4.78 is 11.8. The number of thioether (sulfide) groups is 1. The van der Waals surface area contributed by atoms with Gasteiger partial charge in [-0.1, -0.05) is 54.2 Å². The zero-order valence-corrected chi connectivity index (χ0v) is 22.9. The molecule has 3 aliphatic rings. The second-order valence-electron chi connectivity index (χ2n) is 9.96. The summed E-state index contributed by atoms with van der Waals surface area (Å²) >= 11 is 1.49. The standard InChI is InChI=1S/C30H33N3O4S/c1-20(2)37-29(35)27-21(3)31-30-33(24(19-38-30)17-26(34)32-14-7-8-15-32)28(27)23-12-9-13-25(16-23)36-18-22-10-5-4-6-11-22/h4-6,9-13,16,19-20,28H,7-8,14-15,17-18H2,1-3H3. The highest BCUT2D eigenvalue weighted by atomic mass is 32.2. The second kappa shape index (κ2) is 11.5. The molecule has 198 valence electrons. The van der Waals surface area contributed by atoms with E-state index in [1.165, 1.54) is 11.8 Å². The second-order valence-corrected chi connectivity index (χ2v) is 10.8. The van der Waals surface area contributed by atoms with E-state index in [0.29, 0.717) is 23.6 Å². The number of carbonyl (C=O) groups is 2. The van der Waals surface area contributed by atoms with E-state index >= 15 is 0 Å². The lowest BCUT2D eigenvalue weighted by atomic mass is 9.93.